The first kappa shape index (κ1) is 58.6. The largest absolute Gasteiger partial charge is 0.454 e. The molecule has 378 valence electrons. The van der Waals surface area contributed by atoms with E-state index in [9.17, 15) is 55.7 Å². The van der Waals surface area contributed by atoms with Gasteiger partial charge in [-0.25, -0.2) is 9.36 Å². The maximum Gasteiger partial charge on any atom is 0.454 e. The summed E-state index contributed by atoms with van der Waals surface area (Å²) >= 11 is 0. The molecule has 1 aromatic heterocycles. The fourth-order valence-corrected chi connectivity index (χ4v) is 6.59. The van der Waals surface area contributed by atoms with E-state index in [1.165, 1.54) is 6.92 Å². The molecule has 3 aromatic rings. The molecule has 0 saturated carbocycles. The number of rotatable bonds is 19. The summed E-state index contributed by atoms with van der Waals surface area (Å²) in [6.45, 7) is 0.225. The van der Waals surface area contributed by atoms with Gasteiger partial charge in [0.15, 0.2) is 6.29 Å². The lowest BCUT2D eigenvalue weighted by atomic mass is 10.0. The molecule has 11 atom stereocenters. The van der Waals surface area contributed by atoms with Gasteiger partial charge in [-0.2, -0.15) is 26.3 Å². The standard InChI is InChI=1S/C23H23F6N4O6P.2C7H17NO5/c1-13(15-9-16(22(24,25)26)11-17(10-15)23(27,28)29)39-20-19(14-5-3-2-4-6-14)32(7-8-38-20)12-18-30-21(34)33(31-18)40(35,36)37;2*1-8-2-4(10)6(12)7(13)5(11)3-9/h2-6,9-11,13,19-20H,7-8,12H2,1H3,(H,30,31,34)(H2,35,36,37);2*4-13H,2-3H2,1H3/t13-,19+,20-;2*4-,5+,6+,7+/m000/s1. The minimum atomic E-state index is -5.03. The second kappa shape index (κ2) is 26.3. The van der Waals surface area contributed by atoms with Gasteiger partial charge in [-0.1, -0.05) is 30.3 Å². The van der Waals surface area contributed by atoms with Crippen LogP contribution in [0.3, 0.4) is 0 Å². The average molecular weight is 987 g/mol. The van der Waals surface area contributed by atoms with Gasteiger partial charge in [0.25, 0.3) is 0 Å². The number of ether oxygens (including phenoxy) is 2. The molecule has 15 N–H and O–H groups in total. The van der Waals surface area contributed by atoms with Gasteiger partial charge in [-0.05, 0) is 50.3 Å². The number of nitrogens with zero attached hydrogens (tertiary/aromatic N) is 3. The number of aliphatic hydroxyl groups is 10. The van der Waals surface area contributed by atoms with Gasteiger partial charge in [0.1, 0.15) is 42.4 Å². The smallest absolute Gasteiger partial charge is 0.394 e. The van der Waals surface area contributed by atoms with E-state index in [0.29, 0.717) is 17.7 Å². The number of morpholine rings is 1. The topological polar surface area (TPSA) is 356 Å². The molecule has 0 amide bonds. The van der Waals surface area contributed by atoms with Crippen LogP contribution in [0.1, 0.15) is 47.1 Å². The summed E-state index contributed by atoms with van der Waals surface area (Å²) in [6.07, 6.45) is -23.8. The number of aliphatic hydroxyl groups excluding tert-OH is 10. The zero-order chi connectivity index (χ0) is 50.3. The summed E-state index contributed by atoms with van der Waals surface area (Å²) in [5.74, 6) is -0.101. The van der Waals surface area contributed by atoms with Crippen molar-refractivity contribution in [1.29, 1.82) is 0 Å². The number of aromatic amines is 1. The fourth-order valence-electron chi connectivity index (χ4n) is 6.08. The number of likely N-dealkylation sites (N-methyl/N-ethyl adjacent to an activating group) is 2. The number of benzene rings is 2. The van der Waals surface area contributed by atoms with E-state index in [4.69, 9.17) is 50.3 Å². The first-order valence-corrected chi connectivity index (χ1v) is 21.2. The molecule has 2 heterocycles. The minimum absolute atomic E-state index is 0.00222. The quantitative estimate of drug-likeness (QED) is 0.0436. The van der Waals surface area contributed by atoms with Crippen molar-refractivity contribution in [2.24, 2.45) is 0 Å². The second-order valence-electron chi connectivity index (χ2n) is 14.7. The van der Waals surface area contributed by atoms with Gasteiger partial charge in [0, 0.05) is 19.6 Å². The summed E-state index contributed by atoms with van der Waals surface area (Å²) < 4.78 is 103. The maximum absolute atomic E-state index is 13.4. The molecule has 0 radical (unpaired) electrons. The Labute approximate surface area is 372 Å². The normalized spacial score (nSPS) is 20.3. The van der Waals surface area contributed by atoms with Crippen LogP contribution in [0.2, 0.25) is 0 Å². The van der Waals surface area contributed by atoms with Crippen molar-refractivity contribution in [2.75, 3.05) is 53.6 Å². The van der Waals surface area contributed by atoms with Gasteiger partial charge >= 0.3 is 25.8 Å². The molecule has 2 aromatic carbocycles. The van der Waals surface area contributed by atoms with Crippen molar-refractivity contribution in [3.63, 3.8) is 0 Å². The molecule has 29 heteroatoms. The molecular formula is C37H57F6N6O16P. The molecule has 1 fully saturated rings. The molecule has 0 unspecified atom stereocenters. The Kier molecular flexibility index (Phi) is 23.4. The highest BCUT2D eigenvalue weighted by atomic mass is 31.2. The molecule has 1 aliphatic rings. The summed E-state index contributed by atoms with van der Waals surface area (Å²) in [5, 5.41) is 98.6. The van der Waals surface area contributed by atoms with Crippen LogP contribution in [0.5, 0.6) is 0 Å². The van der Waals surface area contributed by atoms with E-state index in [1.807, 2.05) is 0 Å². The molecule has 22 nitrogen and oxygen atoms in total. The van der Waals surface area contributed by atoms with Crippen LogP contribution in [-0.2, 0) is 32.9 Å². The Morgan fingerprint density at radius 2 is 1.26 bits per heavy atom. The minimum Gasteiger partial charge on any atom is -0.394 e. The predicted octanol–water partition coefficient (Wildman–Crippen LogP) is -2.49. The van der Waals surface area contributed by atoms with E-state index in [-0.39, 0.29) is 54.7 Å². The number of aromatic nitrogens is 3. The second-order valence-corrected chi connectivity index (χ2v) is 16.1. The number of alkyl halides is 6. The molecule has 1 saturated heterocycles. The Morgan fingerprint density at radius 1 is 0.803 bits per heavy atom. The monoisotopic (exact) mass is 986 g/mol. The van der Waals surface area contributed by atoms with Crippen molar-refractivity contribution in [3.05, 3.63) is 87.1 Å². The highest BCUT2D eigenvalue weighted by molar-refractivity contribution is 7.49. The van der Waals surface area contributed by atoms with Crippen LogP contribution in [0.15, 0.2) is 53.3 Å². The van der Waals surface area contributed by atoms with E-state index in [0.717, 1.165) is 0 Å². The van der Waals surface area contributed by atoms with Crippen molar-refractivity contribution in [2.45, 2.75) is 93.1 Å². The Morgan fingerprint density at radius 3 is 1.65 bits per heavy atom. The van der Waals surface area contributed by atoms with Crippen LogP contribution in [0.4, 0.5) is 26.3 Å². The third kappa shape index (κ3) is 17.5. The highest BCUT2D eigenvalue weighted by Crippen LogP contribution is 2.40. The third-order valence-electron chi connectivity index (χ3n) is 9.60. The molecule has 4 rings (SSSR count). The Hall–Kier alpha value is -3.49. The van der Waals surface area contributed by atoms with E-state index in [1.54, 1.807) is 49.3 Å². The summed E-state index contributed by atoms with van der Waals surface area (Å²) in [7, 11) is -1.88. The number of halogens is 6. The average Bonchev–Trinajstić information content (AvgIpc) is 3.65. The fraction of sp³-hybridized carbons (Fsp3) is 0.622. The van der Waals surface area contributed by atoms with E-state index >= 15 is 0 Å². The highest BCUT2D eigenvalue weighted by Gasteiger charge is 2.40. The Balaban J connectivity index is 0.000000470. The van der Waals surface area contributed by atoms with Crippen molar-refractivity contribution < 1.29 is 101 Å². The van der Waals surface area contributed by atoms with Crippen LogP contribution < -0.4 is 16.3 Å². The number of hydrogen-bond acceptors (Lipinski definition) is 18. The summed E-state index contributed by atoms with van der Waals surface area (Å²) in [6, 6.07) is 8.87. The van der Waals surface area contributed by atoms with Crippen molar-refractivity contribution in [1.82, 2.24) is 30.1 Å². The first-order chi connectivity index (χ1) is 30.6. The third-order valence-corrected chi connectivity index (χ3v) is 10.4. The van der Waals surface area contributed by atoms with Gasteiger partial charge in [0.2, 0.25) is 0 Å². The van der Waals surface area contributed by atoms with Crippen LogP contribution >= 0.6 is 7.75 Å². The number of nitrogens with one attached hydrogen (secondary N) is 3. The number of H-pyrrole nitrogens is 1. The maximum atomic E-state index is 13.4. The summed E-state index contributed by atoms with van der Waals surface area (Å²) in [5.41, 5.74) is -3.89. The molecular weight excluding hydrogens is 929 g/mol. The van der Waals surface area contributed by atoms with Gasteiger partial charge in [-0.15, -0.1) is 9.55 Å². The SMILES string of the molecule is CNC[C@H](O)[C@@H](O)[C@H](O)[C@H](O)CO.CNC[C@H](O)[C@@H](O)[C@H](O)[C@H](O)CO.C[C@H](O[C@@H]1OCCN(Cc2nn(P(=O)(O)O)c(=O)[nH]2)[C@@H]1c1ccccc1)c1cc(C(F)(F)F)cc(C(F)(F)F)c1. The molecule has 1 aliphatic heterocycles. The molecule has 66 heavy (non-hydrogen) atoms. The summed E-state index contributed by atoms with van der Waals surface area (Å²) in [4.78, 5) is 34.5. The van der Waals surface area contributed by atoms with Gasteiger partial charge in [-0.3, -0.25) is 9.88 Å². The van der Waals surface area contributed by atoms with E-state index < -0.39 is 117 Å². The molecule has 0 bridgehead atoms. The molecule has 0 aliphatic carbocycles. The first-order valence-electron chi connectivity index (χ1n) is 19.7. The zero-order valence-electron chi connectivity index (χ0n) is 35.5. The van der Waals surface area contributed by atoms with Crippen LogP contribution in [0, 0.1) is 0 Å². The van der Waals surface area contributed by atoms with Gasteiger partial charge in [0.05, 0.1) is 61.8 Å². The predicted molar refractivity (Wildman–Crippen MR) is 216 cm³/mol. The zero-order valence-corrected chi connectivity index (χ0v) is 36.4. The number of hydrogen-bond donors (Lipinski definition) is 15. The van der Waals surface area contributed by atoms with Crippen molar-refractivity contribution in [3.8, 4) is 0 Å². The van der Waals surface area contributed by atoms with Crippen LogP contribution in [-0.4, -0.2) is 189 Å². The Bertz CT molecular complexity index is 1920. The lowest BCUT2D eigenvalue weighted by molar-refractivity contribution is -0.231. The van der Waals surface area contributed by atoms with Gasteiger partial charge < -0.3 is 81.0 Å². The van der Waals surface area contributed by atoms with Crippen molar-refractivity contribution >= 4 is 7.75 Å². The molecule has 0 spiro atoms. The van der Waals surface area contributed by atoms with Crippen LogP contribution in [0.25, 0.3) is 0 Å². The lowest BCUT2D eigenvalue weighted by Gasteiger charge is -2.41. The lowest BCUT2D eigenvalue weighted by Crippen LogP contribution is -2.48. The van der Waals surface area contributed by atoms with E-state index in [2.05, 4.69) is 20.7 Å².